The topological polar surface area (TPSA) is 50.9 Å². The molecule has 0 amide bonds. The lowest BCUT2D eigenvalue weighted by atomic mass is 10.1. The van der Waals surface area contributed by atoms with Crippen LogP contribution in [0, 0.1) is 11.3 Å². The maximum atomic E-state index is 5.92. The summed E-state index contributed by atoms with van der Waals surface area (Å²) in [5.74, 6) is 2.27. The predicted molar refractivity (Wildman–Crippen MR) is 68.9 cm³/mol. The van der Waals surface area contributed by atoms with Crippen molar-refractivity contribution in [1.29, 1.82) is 0 Å². The molecule has 3 N–H and O–H groups in total. The van der Waals surface area contributed by atoms with Crippen LogP contribution in [0.3, 0.4) is 0 Å². The number of nitrogens with one attached hydrogen (secondary N) is 1. The molecule has 3 nitrogen and oxygen atoms in total. The van der Waals surface area contributed by atoms with Crippen molar-refractivity contribution < 1.29 is 0 Å². The number of hydrogen-bond donors (Lipinski definition) is 2. The van der Waals surface area contributed by atoms with E-state index in [9.17, 15) is 0 Å². The van der Waals surface area contributed by atoms with E-state index in [1.165, 1.54) is 41.4 Å². The highest BCUT2D eigenvalue weighted by Crippen LogP contribution is 2.52. The normalized spacial score (nSPS) is 26.8. The van der Waals surface area contributed by atoms with E-state index < -0.39 is 0 Å². The third kappa shape index (κ3) is 1.79. The molecule has 1 aromatic rings. The van der Waals surface area contributed by atoms with Crippen LogP contribution in [0.5, 0.6) is 0 Å². The van der Waals surface area contributed by atoms with Gasteiger partial charge >= 0.3 is 0 Å². The second kappa shape index (κ2) is 3.36. The Morgan fingerprint density at radius 3 is 2.75 bits per heavy atom. The minimum atomic E-state index is 0.545. The molecule has 88 valence electrons. The highest BCUT2D eigenvalue weighted by molar-refractivity contribution is 7.10. The van der Waals surface area contributed by atoms with Crippen LogP contribution in [0.2, 0.25) is 0 Å². The molecular weight excluding hydrogens is 218 g/mol. The molecule has 16 heavy (non-hydrogen) atoms. The average molecular weight is 237 g/mol. The summed E-state index contributed by atoms with van der Waals surface area (Å²) >= 11 is 1.53. The first-order chi connectivity index (χ1) is 7.58. The molecule has 0 bridgehead atoms. The Morgan fingerprint density at radius 2 is 2.19 bits per heavy atom. The van der Waals surface area contributed by atoms with Gasteiger partial charge in [-0.3, -0.25) is 0 Å². The number of anilines is 2. The molecule has 1 atom stereocenters. The third-order valence-corrected chi connectivity index (χ3v) is 4.80. The van der Waals surface area contributed by atoms with E-state index in [1.54, 1.807) is 0 Å². The predicted octanol–water partition coefficient (Wildman–Crippen LogP) is 3.06. The van der Waals surface area contributed by atoms with Crippen molar-refractivity contribution in [2.45, 2.75) is 39.0 Å². The van der Waals surface area contributed by atoms with Crippen molar-refractivity contribution in [3.8, 4) is 0 Å². The van der Waals surface area contributed by atoms with Crippen molar-refractivity contribution in [1.82, 2.24) is 4.37 Å². The minimum absolute atomic E-state index is 0.545. The maximum Gasteiger partial charge on any atom is 0.142 e. The van der Waals surface area contributed by atoms with Crippen molar-refractivity contribution in [3.63, 3.8) is 0 Å². The van der Waals surface area contributed by atoms with Gasteiger partial charge in [0, 0.05) is 12.1 Å². The fraction of sp³-hybridized carbons (Fsp3) is 0.750. The molecule has 2 aliphatic carbocycles. The molecule has 1 heterocycles. The Labute approximate surface area is 101 Å². The van der Waals surface area contributed by atoms with Gasteiger partial charge in [0.15, 0.2) is 0 Å². The number of aromatic nitrogens is 1. The largest absolute Gasteiger partial charge is 0.383 e. The van der Waals surface area contributed by atoms with Gasteiger partial charge in [-0.15, -0.1) is 0 Å². The van der Waals surface area contributed by atoms with E-state index in [2.05, 4.69) is 23.5 Å². The quantitative estimate of drug-likeness (QED) is 0.846. The highest BCUT2D eigenvalue weighted by atomic mass is 32.1. The second-order valence-corrected chi connectivity index (χ2v) is 6.63. The number of hydrogen-bond acceptors (Lipinski definition) is 4. The van der Waals surface area contributed by atoms with Crippen LogP contribution < -0.4 is 11.1 Å². The fourth-order valence-corrected chi connectivity index (χ4v) is 3.15. The van der Waals surface area contributed by atoms with Crippen LogP contribution >= 0.6 is 11.5 Å². The molecule has 1 unspecified atom stereocenters. The van der Waals surface area contributed by atoms with Gasteiger partial charge in [-0.05, 0) is 48.0 Å². The van der Waals surface area contributed by atoms with Gasteiger partial charge < -0.3 is 11.1 Å². The number of nitrogens with zero attached hydrogens (tertiary/aromatic N) is 1. The zero-order valence-corrected chi connectivity index (χ0v) is 10.7. The van der Waals surface area contributed by atoms with Crippen molar-refractivity contribution in [2.24, 2.45) is 11.3 Å². The van der Waals surface area contributed by atoms with Gasteiger partial charge in [-0.25, -0.2) is 0 Å². The van der Waals surface area contributed by atoms with Gasteiger partial charge in [0.1, 0.15) is 10.8 Å². The van der Waals surface area contributed by atoms with Crippen LogP contribution in [0.1, 0.15) is 44.6 Å². The number of nitrogen functional groups attached to an aromatic ring is 1. The SMILES string of the molecule is CC1(C)CC1CNc1snc(N)c1C1CC1. The molecule has 0 spiro atoms. The first kappa shape index (κ1) is 10.4. The molecule has 4 heteroatoms. The summed E-state index contributed by atoms with van der Waals surface area (Å²) in [5.41, 5.74) is 7.76. The van der Waals surface area contributed by atoms with E-state index in [-0.39, 0.29) is 0 Å². The molecule has 1 aromatic heterocycles. The summed E-state index contributed by atoms with van der Waals surface area (Å²) in [5, 5.41) is 4.77. The molecule has 3 rings (SSSR count). The lowest BCUT2D eigenvalue weighted by molar-refractivity contribution is 0.573. The zero-order valence-electron chi connectivity index (χ0n) is 9.92. The van der Waals surface area contributed by atoms with Crippen molar-refractivity contribution in [3.05, 3.63) is 5.56 Å². The van der Waals surface area contributed by atoms with Gasteiger partial charge in [0.25, 0.3) is 0 Å². The first-order valence-electron chi connectivity index (χ1n) is 6.07. The molecule has 0 aromatic carbocycles. The first-order valence-corrected chi connectivity index (χ1v) is 6.84. The van der Waals surface area contributed by atoms with Gasteiger partial charge in [0.2, 0.25) is 0 Å². The van der Waals surface area contributed by atoms with E-state index in [0.717, 1.165) is 18.3 Å². The molecule has 0 aliphatic heterocycles. The average Bonchev–Trinajstić information content (AvgIpc) is 3.09. The summed E-state index contributed by atoms with van der Waals surface area (Å²) in [6.07, 6.45) is 3.91. The van der Waals surface area contributed by atoms with E-state index in [0.29, 0.717) is 11.3 Å². The van der Waals surface area contributed by atoms with Crippen molar-refractivity contribution in [2.75, 3.05) is 17.6 Å². The minimum Gasteiger partial charge on any atom is -0.383 e. The Morgan fingerprint density at radius 1 is 1.50 bits per heavy atom. The Bertz CT molecular complexity index is 406. The summed E-state index contributed by atoms with van der Waals surface area (Å²) in [7, 11) is 0. The third-order valence-electron chi connectivity index (χ3n) is 3.97. The highest BCUT2D eigenvalue weighted by Gasteiger charge is 2.45. The fourth-order valence-electron chi connectivity index (χ4n) is 2.34. The summed E-state index contributed by atoms with van der Waals surface area (Å²) in [6.45, 7) is 5.75. The van der Waals surface area contributed by atoms with Crippen molar-refractivity contribution >= 4 is 22.4 Å². The molecule has 2 aliphatic rings. The molecule has 2 fully saturated rings. The summed E-state index contributed by atoms with van der Waals surface area (Å²) < 4.78 is 4.27. The van der Waals surface area contributed by atoms with E-state index in [4.69, 9.17) is 5.73 Å². The number of nitrogens with two attached hydrogens (primary N) is 1. The van der Waals surface area contributed by atoms with Crippen LogP contribution in [0.4, 0.5) is 10.8 Å². The van der Waals surface area contributed by atoms with Gasteiger partial charge in [-0.1, -0.05) is 13.8 Å². The lowest BCUT2D eigenvalue weighted by Gasteiger charge is -2.07. The lowest BCUT2D eigenvalue weighted by Crippen LogP contribution is -2.07. The Balaban J connectivity index is 1.66. The molecule has 0 radical (unpaired) electrons. The van der Waals surface area contributed by atoms with E-state index >= 15 is 0 Å². The van der Waals surface area contributed by atoms with Crippen LogP contribution in [0.25, 0.3) is 0 Å². The Hall–Kier alpha value is -0.770. The monoisotopic (exact) mass is 237 g/mol. The number of rotatable bonds is 4. The van der Waals surface area contributed by atoms with Crippen LogP contribution in [0.15, 0.2) is 0 Å². The molecular formula is C12H19N3S. The molecule has 0 saturated heterocycles. The van der Waals surface area contributed by atoms with Gasteiger partial charge in [0.05, 0.1) is 0 Å². The smallest absolute Gasteiger partial charge is 0.142 e. The molecule has 2 saturated carbocycles. The summed E-state index contributed by atoms with van der Waals surface area (Å²) in [4.78, 5) is 0. The van der Waals surface area contributed by atoms with Gasteiger partial charge in [-0.2, -0.15) is 4.37 Å². The standard InChI is InChI=1S/C12H19N3S/c1-12(2)5-8(12)6-14-11-9(7-3-4-7)10(13)15-16-11/h7-8,14H,3-6H2,1-2H3,(H2,13,15). The van der Waals surface area contributed by atoms with E-state index in [1.807, 2.05) is 0 Å². The maximum absolute atomic E-state index is 5.92. The Kier molecular flexibility index (Phi) is 2.18. The van der Waals surface area contributed by atoms with Crippen LogP contribution in [-0.4, -0.2) is 10.9 Å². The zero-order chi connectivity index (χ0) is 11.3. The van der Waals surface area contributed by atoms with Crippen LogP contribution in [-0.2, 0) is 0 Å². The summed E-state index contributed by atoms with van der Waals surface area (Å²) in [6, 6.07) is 0. The second-order valence-electron chi connectivity index (χ2n) is 5.86.